The fourth-order valence-corrected chi connectivity index (χ4v) is 4.79. The van der Waals surface area contributed by atoms with E-state index in [9.17, 15) is 27.2 Å². The van der Waals surface area contributed by atoms with Crippen molar-refractivity contribution in [3.05, 3.63) is 59.8 Å². The van der Waals surface area contributed by atoms with Gasteiger partial charge in [-0.25, -0.2) is 9.37 Å². The average molecular weight is 616 g/mol. The van der Waals surface area contributed by atoms with Crippen molar-refractivity contribution in [2.45, 2.75) is 31.5 Å². The number of pyridine rings is 1. The molecule has 2 amide bonds. The van der Waals surface area contributed by atoms with Crippen molar-refractivity contribution in [3.63, 3.8) is 0 Å². The molecular formula is C30H33F4N7O3. The smallest absolute Gasteiger partial charge is 0.394 e. The number of likely N-dealkylation sites (tertiary alicyclic amines) is 1. The zero-order valence-electron chi connectivity index (χ0n) is 24.5. The van der Waals surface area contributed by atoms with Gasteiger partial charge in [-0.2, -0.15) is 13.2 Å². The molecule has 0 bridgehead atoms. The standard InChI is InChI=1S/C30H33F4N7O3/c1-18(31)28(42)38-21-15-24(37-20-9-12-40(3)13-10-20)27-39-22(25(41(27)17-21)16-30(32,33)34)6-5-11-36-23-8-7-19(29(43)35-2)14-26(23)44-4/h7-8,14-15,17,20,36-37H,1,9-13,16H2,2-4H3,(H,35,43)(H,38,42). The van der Waals surface area contributed by atoms with E-state index in [-0.39, 0.29) is 41.2 Å². The molecule has 14 heteroatoms. The third-order valence-electron chi connectivity index (χ3n) is 7.03. The summed E-state index contributed by atoms with van der Waals surface area (Å²) >= 11 is 0. The molecule has 10 nitrogen and oxygen atoms in total. The van der Waals surface area contributed by atoms with E-state index < -0.39 is 24.3 Å². The summed E-state index contributed by atoms with van der Waals surface area (Å²) in [4.78, 5) is 30.6. The number of aromatic nitrogens is 2. The lowest BCUT2D eigenvalue weighted by Crippen LogP contribution is -2.36. The number of piperidine rings is 1. The maximum Gasteiger partial charge on any atom is 0.394 e. The SMILES string of the molecule is C=C(F)C(=O)Nc1cc(NC2CCN(C)CC2)c2nc(C#CCNc3ccc(C(=O)NC)cc3OC)c(CC(F)(F)F)n2c1. The number of hydrogen-bond donors (Lipinski definition) is 4. The van der Waals surface area contributed by atoms with Crippen LogP contribution < -0.4 is 26.0 Å². The van der Waals surface area contributed by atoms with Crippen molar-refractivity contribution in [2.75, 3.05) is 56.8 Å². The number of anilines is 3. The predicted molar refractivity (Wildman–Crippen MR) is 160 cm³/mol. The molecule has 4 N–H and O–H groups in total. The lowest BCUT2D eigenvalue weighted by molar-refractivity contribution is -0.128. The van der Waals surface area contributed by atoms with Gasteiger partial charge in [0.25, 0.3) is 11.8 Å². The van der Waals surface area contributed by atoms with Crippen LogP contribution in [0.25, 0.3) is 5.65 Å². The second-order valence-electron chi connectivity index (χ2n) is 10.3. The lowest BCUT2D eigenvalue weighted by atomic mass is 10.1. The van der Waals surface area contributed by atoms with Gasteiger partial charge in [-0.3, -0.25) is 14.0 Å². The number of halogens is 4. The summed E-state index contributed by atoms with van der Waals surface area (Å²) in [5, 5.41) is 11.2. The van der Waals surface area contributed by atoms with Gasteiger partial charge < -0.3 is 30.9 Å². The Morgan fingerprint density at radius 3 is 2.55 bits per heavy atom. The highest BCUT2D eigenvalue weighted by Crippen LogP contribution is 2.31. The van der Waals surface area contributed by atoms with Crippen LogP contribution in [0.3, 0.4) is 0 Å². The number of hydrogen-bond acceptors (Lipinski definition) is 7. The monoisotopic (exact) mass is 615 g/mol. The third kappa shape index (κ3) is 7.99. The Bertz CT molecular complexity index is 1620. The summed E-state index contributed by atoms with van der Waals surface area (Å²) in [6.45, 7) is 4.65. The highest BCUT2D eigenvalue weighted by Gasteiger charge is 2.32. The fourth-order valence-electron chi connectivity index (χ4n) is 4.79. The minimum atomic E-state index is -4.60. The molecule has 0 radical (unpaired) electrons. The van der Waals surface area contributed by atoms with E-state index in [2.05, 4.69) is 49.6 Å². The summed E-state index contributed by atoms with van der Waals surface area (Å²) in [6.07, 6.45) is -3.13. The first-order chi connectivity index (χ1) is 20.9. The van der Waals surface area contributed by atoms with Crippen LogP contribution in [0.15, 0.2) is 42.9 Å². The van der Waals surface area contributed by atoms with E-state index >= 15 is 0 Å². The van der Waals surface area contributed by atoms with Gasteiger partial charge in [-0.15, -0.1) is 0 Å². The summed E-state index contributed by atoms with van der Waals surface area (Å²) in [5.74, 6) is 3.29. The van der Waals surface area contributed by atoms with Crippen molar-refractivity contribution in [3.8, 4) is 17.6 Å². The second-order valence-corrected chi connectivity index (χ2v) is 10.3. The Hall–Kier alpha value is -4.77. The van der Waals surface area contributed by atoms with Crippen molar-refractivity contribution >= 4 is 34.5 Å². The molecule has 3 aromatic rings. The Morgan fingerprint density at radius 1 is 1.18 bits per heavy atom. The number of benzene rings is 1. The van der Waals surface area contributed by atoms with E-state index in [0.717, 1.165) is 25.9 Å². The van der Waals surface area contributed by atoms with E-state index in [1.807, 2.05) is 7.05 Å². The Morgan fingerprint density at radius 2 is 1.91 bits per heavy atom. The summed E-state index contributed by atoms with van der Waals surface area (Å²) in [6, 6.07) is 6.28. The molecule has 1 fully saturated rings. The molecule has 3 heterocycles. The van der Waals surface area contributed by atoms with Crippen molar-refractivity contribution < 1.29 is 31.9 Å². The normalized spacial score (nSPS) is 14.0. The van der Waals surface area contributed by atoms with Crippen LogP contribution in [0.1, 0.15) is 34.6 Å². The van der Waals surface area contributed by atoms with Crippen LogP contribution in [0.2, 0.25) is 0 Å². The van der Waals surface area contributed by atoms with Gasteiger partial charge in [-0.05, 0) is 63.2 Å². The second kappa shape index (κ2) is 13.7. The number of carbonyl (C=O) groups excluding carboxylic acids is 2. The van der Waals surface area contributed by atoms with Crippen LogP contribution >= 0.6 is 0 Å². The Labute approximate surface area is 251 Å². The number of ether oxygens (including phenoxy) is 1. The van der Waals surface area contributed by atoms with Gasteiger partial charge in [0.15, 0.2) is 11.5 Å². The van der Waals surface area contributed by atoms with Gasteiger partial charge in [0.1, 0.15) is 11.4 Å². The minimum absolute atomic E-state index is 0.00311. The van der Waals surface area contributed by atoms with Gasteiger partial charge in [0.05, 0.1) is 42.8 Å². The van der Waals surface area contributed by atoms with Crippen LogP contribution in [0, 0.1) is 11.8 Å². The van der Waals surface area contributed by atoms with Gasteiger partial charge in [-0.1, -0.05) is 12.5 Å². The van der Waals surface area contributed by atoms with Gasteiger partial charge >= 0.3 is 6.18 Å². The van der Waals surface area contributed by atoms with Crippen LogP contribution in [0.4, 0.5) is 34.6 Å². The van der Waals surface area contributed by atoms with Crippen molar-refractivity contribution in [1.82, 2.24) is 19.6 Å². The van der Waals surface area contributed by atoms with E-state index in [1.165, 1.54) is 30.8 Å². The van der Waals surface area contributed by atoms with E-state index in [1.54, 1.807) is 18.2 Å². The Balaban J connectivity index is 1.70. The van der Waals surface area contributed by atoms with Gasteiger partial charge in [0, 0.05) is 24.8 Å². The van der Waals surface area contributed by atoms with Crippen molar-refractivity contribution in [2.24, 2.45) is 0 Å². The molecule has 1 aliphatic rings. The minimum Gasteiger partial charge on any atom is -0.495 e. The zero-order valence-corrected chi connectivity index (χ0v) is 24.5. The molecule has 0 aliphatic carbocycles. The third-order valence-corrected chi connectivity index (χ3v) is 7.03. The molecule has 234 valence electrons. The number of amides is 2. The molecule has 1 aliphatic heterocycles. The number of alkyl halides is 3. The molecule has 2 aromatic heterocycles. The molecule has 1 aromatic carbocycles. The average Bonchev–Trinajstić information content (AvgIpc) is 3.31. The maximum atomic E-state index is 13.8. The summed E-state index contributed by atoms with van der Waals surface area (Å²) in [5.41, 5.74) is 1.19. The first kappa shape index (κ1) is 32.2. The highest BCUT2D eigenvalue weighted by atomic mass is 19.4. The fraction of sp³-hybridized carbons (Fsp3) is 0.367. The molecule has 0 saturated carbocycles. The molecule has 0 unspecified atom stereocenters. The topological polar surface area (TPSA) is 112 Å². The first-order valence-corrected chi connectivity index (χ1v) is 13.7. The predicted octanol–water partition coefficient (Wildman–Crippen LogP) is 4.20. The molecule has 0 atom stereocenters. The largest absolute Gasteiger partial charge is 0.495 e. The first-order valence-electron chi connectivity index (χ1n) is 13.7. The number of methoxy groups -OCH3 is 1. The summed E-state index contributed by atoms with van der Waals surface area (Å²) < 4.78 is 61.3. The van der Waals surface area contributed by atoms with E-state index in [0.29, 0.717) is 22.7 Å². The Kier molecular flexibility index (Phi) is 10.00. The zero-order chi connectivity index (χ0) is 32.0. The number of nitrogens with zero attached hydrogens (tertiary/aromatic N) is 3. The number of fused-ring (bicyclic) bond motifs is 1. The molecule has 1 saturated heterocycles. The molecule has 44 heavy (non-hydrogen) atoms. The van der Waals surface area contributed by atoms with Crippen molar-refractivity contribution in [1.29, 1.82) is 0 Å². The quantitative estimate of drug-likeness (QED) is 0.162. The summed E-state index contributed by atoms with van der Waals surface area (Å²) in [7, 11) is 4.95. The number of imidazole rings is 1. The van der Waals surface area contributed by atoms with Crippen LogP contribution in [-0.2, 0) is 11.2 Å². The molecule has 4 rings (SSSR count). The number of nitrogens with one attached hydrogen (secondary N) is 4. The van der Waals surface area contributed by atoms with E-state index in [4.69, 9.17) is 4.74 Å². The number of rotatable bonds is 9. The highest BCUT2D eigenvalue weighted by molar-refractivity contribution is 6.02. The van der Waals surface area contributed by atoms with Crippen LogP contribution in [-0.4, -0.2) is 79.2 Å². The number of carbonyl (C=O) groups is 2. The molecule has 0 spiro atoms. The molecular weight excluding hydrogens is 582 g/mol. The maximum absolute atomic E-state index is 13.8. The van der Waals surface area contributed by atoms with Crippen LogP contribution in [0.5, 0.6) is 5.75 Å². The van der Waals surface area contributed by atoms with Gasteiger partial charge in [0.2, 0.25) is 0 Å². The lowest BCUT2D eigenvalue weighted by Gasteiger charge is -2.30.